The van der Waals surface area contributed by atoms with E-state index in [2.05, 4.69) is 17.6 Å². The van der Waals surface area contributed by atoms with Crippen LogP contribution in [-0.2, 0) is 0 Å². The monoisotopic (exact) mass is 219 g/mol. The topological polar surface area (TPSA) is 39.4 Å². The summed E-state index contributed by atoms with van der Waals surface area (Å²) in [6, 6.07) is 2.14. The van der Waals surface area contributed by atoms with Crippen LogP contribution in [0.5, 0.6) is 0 Å². The average Bonchev–Trinajstić information content (AvgIpc) is 2.16. The summed E-state index contributed by atoms with van der Waals surface area (Å²) in [5.41, 5.74) is 1.14. The van der Waals surface area contributed by atoms with Gasteiger partial charge in [0.1, 0.15) is 11.9 Å². The lowest BCUT2D eigenvalue weighted by molar-refractivity contribution is 0.492. The molecular formula is C13H21N3. The highest BCUT2D eigenvalue weighted by Gasteiger charge is 2.20. The summed E-state index contributed by atoms with van der Waals surface area (Å²) in [6.45, 7) is 11.7. The maximum atomic E-state index is 9.05. The summed E-state index contributed by atoms with van der Waals surface area (Å²) in [7, 11) is 3.86. The van der Waals surface area contributed by atoms with Crippen molar-refractivity contribution in [1.29, 1.82) is 5.26 Å². The summed E-state index contributed by atoms with van der Waals surface area (Å²) >= 11 is 0. The first-order valence-corrected chi connectivity index (χ1v) is 5.24. The van der Waals surface area contributed by atoms with Crippen LogP contribution in [0.25, 0.3) is 0 Å². The zero-order valence-electron chi connectivity index (χ0n) is 11.1. The average molecular weight is 219 g/mol. The highest BCUT2D eigenvalue weighted by molar-refractivity contribution is 5.80. The largest absolute Gasteiger partial charge is 0.366 e. The number of hydrogen-bond donors (Lipinski definition) is 0. The number of allylic oxidation sites excluding steroid dienone is 3. The molecule has 0 radical (unpaired) electrons. The molecule has 3 nitrogen and oxygen atoms in total. The SMILES string of the molecule is C=C/C(C#N)=C(\N=C(/C)N(C)C)C(C)(C)C. The summed E-state index contributed by atoms with van der Waals surface area (Å²) in [5.74, 6) is 0.875. The second-order valence-corrected chi connectivity index (χ2v) is 4.88. The molecule has 0 aliphatic heterocycles. The fourth-order valence-electron chi connectivity index (χ4n) is 1.09. The highest BCUT2D eigenvalue weighted by atomic mass is 15.1. The Balaban J connectivity index is 5.66. The first kappa shape index (κ1) is 14.4. The van der Waals surface area contributed by atoms with Crippen LogP contribution in [0.2, 0.25) is 0 Å². The smallest absolute Gasteiger partial charge is 0.101 e. The molecule has 16 heavy (non-hydrogen) atoms. The van der Waals surface area contributed by atoms with Crippen molar-refractivity contribution < 1.29 is 0 Å². The zero-order chi connectivity index (χ0) is 12.9. The molecule has 0 heterocycles. The third-order valence-corrected chi connectivity index (χ3v) is 2.21. The molecule has 3 heteroatoms. The lowest BCUT2D eigenvalue weighted by Gasteiger charge is -2.22. The molecule has 88 valence electrons. The molecule has 0 rings (SSSR count). The molecule has 0 aromatic rings. The van der Waals surface area contributed by atoms with Crippen molar-refractivity contribution in [1.82, 2.24) is 4.90 Å². The Bertz CT molecular complexity index is 360. The van der Waals surface area contributed by atoms with Crippen molar-refractivity contribution in [2.45, 2.75) is 27.7 Å². The van der Waals surface area contributed by atoms with Crippen molar-refractivity contribution in [3.05, 3.63) is 23.9 Å². The van der Waals surface area contributed by atoms with E-state index in [9.17, 15) is 0 Å². The Morgan fingerprint density at radius 3 is 2.12 bits per heavy atom. The molecule has 0 N–H and O–H groups in total. The Morgan fingerprint density at radius 2 is 1.88 bits per heavy atom. The number of nitrogens with zero attached hydrogens (tertiary/aromatic N) is 3. The molecule has 0 amide bonds. The van der Waals surface area contributed by atoms with Gasteiger partial charge >= 0.3 is 0 Å². The first-order chi connectivity index (χ1) is 7.23. The summed E-state index contributed by atoms with van der Waals surface area (Å²) in [6.07, 6.45) is 1.56. The van der Waals surface area contributed by atoms with Gasteiger partial charge in [0.25, 0.3) is 0 Å². The normalized spacial score (nSPS) is 13.9. The van der Waals surface area contributed by atoms with Gasteiger partial charge in [-0.1, -0.05) is 27.4 Å². The van der Waals surface area contributed by atoms with Crippen LogP contribution in [0.3, 0.4) is 0 Å². The molecule has 0 saturated carbocycles. The van der Waals surface area contributed by atoms with Gasteiger partial charge in [0.05, 0.1) is 11.3 Å². The van der Waals surface area contributed by atoms with Crippen LogP contribution in [0.15, 0.2) is 28.9 Å². The van der Waals surface area contributed by atoms with E-state index in [4.69, 9.17) is 5.26 Å². The van der Waals surface area contributed by atoms with Crippen LogP contribution in [-0.4, -0.2) is 24.8 Å². The van der Waals surface area contributed by atoms with Crippen molar-refractivity contribution >= 4 is 5.84 Å². The second kappa shape index (κ2) is 5.50. The van der Waals surface area contributed by atoms with Crippen LogP contribution in [0.4, 0.5) is 0 Å². The van der Waals surface area contributed by atoms with Gasteiger partial charge < -0.3 is 4.90 Å². The van der Waals surface area contributed by atoms with E-state index in [-0.39, 0.29) is 5.41 Å². The molecule has 0 aromatic carbocycles. The third-order valence-electron chi connectivity index (χ3n) is 2.21. The van der Waals surface area contributed by atoms with E-state index in [1.165, 1.54) is 0 Å². The van der Waals surface area contributed by atoms with Crippen LogP contribution >= 0.6 is 0 Å². The maximum Gasteiger partial charge on any atom is 0.101 e. The molecule has 0 aliphatic carbocycles. The van der Waals surface area contributed by atoms with Crippen molar-refractivity contribution in [2.24, 2.45) is 10.4 Å². The second-order valence-electron chi connectivity index (χ2n) is 4.88. The minimum Gasteiger partial charge on any atom is -0.366 e. The third kappa shape index (κ3) is 3.90. The van der Waals surface area contributed by atoms with Gasteiger partial charge in [-0.3, -0.25) is 0 Å². The Kier molecular flexibility index (Phi) is 4.97. The van der Waals surface area contributed by atoms with Gasteiger partial charge in [-0.2, -0.15) is 5.26 Å². The zero-order valence-corrected chi connectivity index (χ0v) is 11.1. The first-order valence-electron chi connectivity index (χ1n) is 5.24. The molecule has 0 atom stereocenters. The fraction of sp³-hybridized carbons (Fsp3) is 0.538. The van der Waals surface area contributed by atoms with Crippen molar-refractivity contribution in [2.75, 3.05) is 14.1 Å². The minimum absolute atomic E-state index is 0.170. The van der Waals surface area contributed by atoms with Crippen LogP contribution < -0.4 is 0 Å². The van der Waals surface area contributed by atoms with Crippen LogP contribution in [0, 0.1) is 16.7 Å². The highest BCUT2D eigenvalue weighted by Crippen LogP contribution is 2.29. The molecule has 0 bridgehead atoms. The van der Waals surface area contributed by atoms with Crippen molar-refractivity contribution in [3.8, 4) is 6.07 Å². The lowest BCUT2D eigenvalue weighted by Crippen LogP contribution is -2.21. The fourth-order valence-corrected chi connectivity index (χ4v) is 1.09. The number of hydrogen-bond acceptors (Lipinski definition) is 2. The Hall–Kier alpha value is -1.56. The maximum absolute atomic E-state index is 9.05. The quantitative estimate of drug-likeness (QED) is 0.310. The summed E-state index contributed by atoms with van der Waals surface area (Å²) in [4.78, 5) is 6.44. The molecule has 0 fully saturated rings. The number of rotatable bonds is 2. The molecule has 0 saturated heterocycles. The van der Waals surface area contributed by atoms with Gasteiger partial charge in [-0.15, -0.1) is 0 Å². The molecule has 0 aliphatic rings. The van der Waals surface area contributed by atoms with E-state index in [0.29, 0.717) is 5.57 Å². The lowest BCUT2D eigenvalue weighted by atomic mass is 9.89. The van der Waals surface area contributed by atoms with E-state index < -0.39 is 0 Å². The summed E-state index contributed by atoms with van der Waals surface area (Å²) < 4.78 is 0. The Labute approximate surface area is 98.8 Å². The van der Waals surface area contributed by atoms with E-state index >= 15 is 0 Å². The standard InChI is InChI=1S/C13H21N3/c1-8-11(9-14)12(13(3,4)5)15-10(2)16(6)7/h8H,1H2,2-7H3/b12-11+,15-10+. The summed E-state index contributed by atoms with van der Waals surface area (Å²) in [5, 5.41) is 9.05. The number of aliphatic imine (C=N–C) groups is 1. The Morgan fingerprint density at radius 1 is 1.38 bits per heavy atom. The van der Waals surface area contributed by atoms with Crippen LogP contribution in [0.1, 0.15) is 27.7 Å². The molecule has 0 spiro atoms. The predicted octanol–water partition coefficient (Wildman–Crippen LogP) is 2.98. The number of nitriles is 1. The molecule has 0 aromatic heterocycles. The van der Waals surface area contributed by atoms with E-state index in [1.54, 1.807) is 6.08 Å². The van der Waals surface area contributed by atoms with Gasteiger partial charge in [0.2, 0.25) is 0 Å². The van der Waals surface area contributed by atoms with Gasteiger partial charge in [0, 0.05) is 19.5 Å². The van der Waals surface area contributed by atoms with Gasteiger partial charge in [0.15, 0.2) is 0 Å². The van der Waals surface area contributed by atoms with Gasteiger partial charge in [-0.05, 0) is 13.0 Å². The van der Waals surface area contributed by atoms with Gasteiger partial charge in [-0.25, -0.2) is 4.99 Å². The molecular weight excluding hydrogens is 198 g/mol. The number of amidine groups is 1. The van der Waals surface area contributed by atoms with E-state index in [0.717, 1.165) is 11.5 Å². The predicted molar refractivity (Wildman–Crippen MR) is 69.1 cm³/mol. The molecule has 0 unspecified atom stereocenters. The minimum atomic E-state index is -0.170. The van der Waals surface area contributed by atoms with E-state index in [1.807, 2.05) is 46.7 Å². The van der Waals surface area contributed by atoms with Crippen molar-refractivity contribution in [3.63, 3.8) is 0 Å².